The Bertz CT molecular complexity index is 687. The van der Waals surface area contributed by atoms with Gasteiger partial charge in [-0.1, -0.05) is 36.4 Å². The van der Waals surface area contributed by atoms with Gasteiger partial charge in [-0.05, 0) is 6.07 Å². The van der Waals surface area contributed by atoms with Gasteiger partial charge >= 0.3 is 5.97 Å². The largest absolute Gasteiger partial charge is 0.401 e. The van der Waals surface area contributed by atoms with E-state index in [0.717, 1.165) is 10.1 Å². The van der Waals surface area contributed by atoms with Crippen molar-refractivity contribution in [3.63, 3.8) is 0 Å². The molecule has 0 spiro atoms. The quantitative estimate of drug-likeness (QED) is 0.584. The topological polar surface area (TPSA) is 38.7 Å². The minimum Gasteiger partial charge on any atom is -0.401 e. The summed E-state index contributed by atoms with van der Waals surface area (Å²) in [5, 5.41) is 1.50. The minimum absolute atomic E-state index is 0.105. The van der Waals surface area contributed by atoms with E-state index in [0.29, 0.717) is 9.90 Å². The Hall–Kier alpha value is -1.65. The molecule has 1 aliphatic rings. The van der Waals surface area contributed by atoms with Crippen molar-refractivity contribution >= 4 is 44.9 Å². The molecule has 1 aromatic carbocycles. The van der Waals surface area contributed by atoms with Crippen molar-refractivity contribution in [3.8, 4) is 0 Å². The number of halogens is 1. The van der Waals surface area contributed by atoms with E-state index in [1.165, 1.54) is 11.3 Å². The smallest absolute Gasteiger partial charge is 0.363 e. The third-order valence-electron chi connectivity index (χ3n) is 2.39. The second kappa shape index (κ2) is 3.68. The van der Waals surface area contributed by atoms with Gasteiger partial charge in [0.1, 0.15) is 10.6 Å². The molecule has 2 heterocycles. The van der Waals surface area contributed by atoms with E-state index in [2.05, 4.69) is 11.6 Å². The molecule has 0 bridgehead atoms. The fourth-order valence-electron chi connectivity index (χ4n) is 1.59. The van der Waals surface area contributed by atoms with Crippen molar-refractivity contribution in [2.45, 2.75) is 0 Å². The lowest BCUT2D eigenvalue weighted by Gasteiger charge is -1.95. The molecule has 17 heavy (non-hydrogen) atoms. The lowest BCUT2D eigenvalue weighted by Crippen LogP contribution is -2.03. The SMILES string of the molecule is C=C1N=C(c2sc3ccccc3c2Cl)OC1=O. The van der Waals surface area contributed by atoms with Crippen LogP contribution in [0.1, 0.15) is 4.88 Å². The average molecular weight is 264 g/mol. The zero-order valence-corrected chi connectivity index (χ0v) is 10.1. The third kappa shape index (κ3) is 1.57. The van der Waals surface area contributed by atoms with E-state index in [1.54, 1.807) is 0 Å². The Labute approximate surface area is 106 Å². The van der Waals surface area contributed by atoms with Gasteiger partial charge in [-0.3, -0.25) is 0 Å². The molecule has 0 atom stereocenters. The summed E-state index contributed by atoms with van der Waals surface area (Å²) in [5.74, 6) is -0.278. The van der Waals surface area contributed by atoms with Gasteiger partial charge in [0.15, 0.2) is 0 Å². The Kier molecular flexibility index (Phi) is 2.28. The van der Waals surface area contributed by atoms with Crippen LogP contribution in [0, 0.1) is 0 Å². The zero-order chi connectivity index (χ0) is 12.0. The number of cyclic esters (lactones) is 1. The molecular formula is C12H6ClNO2S. The molecule has 0 radical (unpaired) electrons. The molecule has 84 valence electrons. The summed E-state index contributed by atoms with van der Waals surface area (Å²) in [7, 11) is 0. The van der Waals surface area contributed by atoms with Crippen molar-refractivity contribution in [1.29, 1.82) is 0 Å². The zero-order valence-electron chi connectivity index (χ0n) is 8.57. The fourth-order valence-corrected chi connectivity index (χ4v) is 3.02. The first-order valence-electron chi connectivity index (χ1n) is 4.84. The molecule has 1 aliphatic heterocycles. The Balaban J connectivity index is 2.19. The number of aliphatic imine (C=N–C) groups is 1. The van der Waals surface area contributed by atoms with Crippen LogP contribution in [0.25, 0.3) is 10.1 Å². The van der Waals surface area contributed by atoms with Crippen LogP contribution in [0.4, 0.5) is 0 Å². The van der Waals surface area contributed by atoms with Gasteiger partial charge in [0.25, 0.3) is 0 Å². The van der Waals surface area contributed by atoms with Crippen molar-refractivity contribution in [2.75, 3.05) is 0 Å². The van der Waals surface area contributed by atoms with Crippen molar-refractivity contribution < 1.29 is 9.53 Å². The molecule has 2 aromatic rings. The number of hydrogen-bond donors (Lipinski definition) is 0. The molecule has 3 nitrogen and oxygen atoms in total. The summed E-state index contributed by atoms with van der Waals surface area (Å²) < 4.78 is 6.04. The number of carbonyl (C=O) groups excluding carboxylic acids is 1. The Morgan fingerprint density at radius 2 is 2.12 bits per heavy atom. The normalized spacial score (nSPS) is 15.2. The highest BCUT2D eigenvalue weighted by Crippen LogP contribution is 2.36. The Morgan fingerprint density at radius 1 is 1.35 bits per heavy atom. The summed E-state index contributed by atoms with van der Waals surface area (Å²) in [6.07, 6.45) is 0. The average Bonchev–Trinajstić information content (AvgIpc) is 2.82. The van der Waals surface area contributed by atoms with Crippen LogP contribution >= 0.6 is 22.9 Å². The monoisotopic (exact) mass is 263 g/mol. The van der Waals surface area contributed by atoms with Gasteiger partial charge in [0.05, 0.1) is 5.02 Å². The number of rotatable bonds is 1. The van der Waals surface area contributed by atoms with E-state index in [4.69, 9.17) is 16.3 Å². The first kappa shape index (κ1) is 10.5. The van der Waals surface area contributed by atoms with Crippen molar-refractivity contribution in [1.82, 2.24) is 0 Å². The van der Waals surface area contributed by atoms with Crippen molar-refractivity contribution in [2.24, 2.45) is 4.99 Å². The molecular weight excluding hydrogens is 258 g/mol. The van der Waals surface area contributed by atoms with E-state index >= 15 is 0 Å². The van der Waals surface area contributed by atoms with Crippen LogP contribution in [-0.4, -0.2) is 11.9 Å². The lowest BCUT2D eigenvalue weighted by atomic mass is 10.2. The molecule has 0 N–H and O–H groups in total. The summed E-state index contributed by atoms with van der Waals surface area (Å²) >= 11 is 7.69. The number of thiophene rings is 1. The molecule has 3 rings (SSSR count). The highest BCUT2D eigenvalue weighted by molar-refractivity contribution is 7.21. The van der Waals surface area contributed by atoms with E-state index in [9.17, 15) is 4.79 Å². The summed E-state index contributed by atoms with van der Waals surface area (Å²) in [6, 6.07) is 7.72. The summed E-state index contributed by atoms with van der Waals surface area (Å²) in [5.41, 5.74) is 0.105. The van der Waals surface area contributed by atoms with Gasteiger partial charge in [-0.25, -0.2) is 9.79 Å². The third-order valence-corrected chi connectivity index (χ3v) is 4.05. The van der Waals surface area contributed by atoms with Crippen LogP contribution in [0.5, 0.6) is 0 Å². The van der Waals surface area contributed by atoms with Crippen molar-refractivity contribution in [3.05, 3.63) is 46.4 Å². The van der Waals surface area contributed by atoms with E-state index in [1.807, 2.05) is 24.3 Å². The van der Waals surface area contributed by atoms with Gasteiger partial charge < -0.3 is 4.74 Å². The van der Waals surface area contributed by atoms with Gasteiger partial charge in [0.2, 0.25) is 5.90 Å². The molecule has 0 unspecified atom stereocenters. The number of esters is 1. The van der Waals surface area contributed by atoms with Gasteiger partial charge in [-0.2, -0.15) is 0 Å². The first-order chi connectivity index (χ1) is 8.16. The molecule has 5 heteroatoms. The standard InChI is InChI=1S/C12H6ClNO2S/c1-6-12(15)16-11(14-6)10-9(13)7-4-2-3-5-8(7)17-10/h2-5H,1H2. The fraction of sp³-hybridized carbons (Fsp3) is 0. The van der Waals surface area contributed by atoms with Gasteiger partial charge in [-0.15, -0.1) is 11.3 Å². The predicted molar refractivity (Wildman–Crippen MR) is 68.6 cm³/mol. The lowest BCUT2D eigenvalue weighted by molar-refractivity contribution is -0.129. The Morgan fingerprint density at radius 3 is 2.76 bits per heavy atom. The molecule has 0 saturated heterocycles. The van der Waals surface area contributed by atoms with Crippen LogP contribution in [0.2, 0.25) is 5.02 Å². The van der Waals surface area contributed by atoms with E-state index < -0.39 is 5.97 Å². The second-order valence-corrected chi connectivity index (χ2v) is 4.92. The number of ether oxygens (including phenoxy) is 1. The summed E-state index contributed by atoms with van der Waals surface area (Å²) in [6.45, 7) is 3.49. The maximum Gasteiger partial charge on any atom is 0.363 e. The van der Waals surface area contributed by atoms with Crippen LogP contribution in [-0.2, 0) is 9.53 Å². The van der Waals surface area contributed by atoms with E-state index in [-0.39, 0.29) is 11.6 Å². The predicted octanol–water partition coefficient (Wildman–Crippen LogP) is 3.37. The number of carbonyl (C=O) groups is 1. The highest BCUT2D eigenvalue weighted by atomic mass is 35.5. The maximum atomic E-state index is 11.2. The molecule has 1 aromatic heterocycles. The first-order valence-corrected chi connectivity index (χ1v) is 6.03. The molecule has 0 fully saturated rings. The van der Waals surface area contributed by atoms with Gasteiger partial charge in [0, 0.05) is 10.1 Å². The summed E-state index contributed by atoms with van der Waals surface area (Å²) in [4.78, 5) is 15.8. The van der Waals surface area contributed by atoms with Crippen LogP contribution < -0.4 is 0 Å². The number of nitrogens with zero attached hydrogens (tertiary/aromatic N) is 1. The van der Waals surface area contributed by atoms with Crippen LogP contribution in [0.15, 0.2) is 41.5 Å². The van der Waals surface area contributed by atoms with Crippen LogP contribution in [0.3, 0.4) is 0 Å². The molecule has 0 aliphatic carbocycles. The number of benzene rings is 1. The maximum absolute atomic E-state index is 11.2. The molecule has 0 amide bonds. The number of hydrogen-bond acceptors (Lipinski definition) is 4. The highest BCUT2D eigenvalue weighted by Gasteiger charge is 2.26. The number of fused-ring (bicyclic) bond motifs is 1. The second-order valence-electron chi connectivity index (χ2n) is 3.49. The minimum atomic E-state index is -0.520. The molecule has 0 saturated carbocycles.